The highest BCUT2D eigenvalue weighted by Crippen LogP contribution is 2.41. The van der Waals surface area contributed by atoms with Gasteiger partial charge in [0.25, 0.3) is 0 Å². The summed E-state index contributed by atoms with van der Waals surface area (Å²) in [6.07, 6.45) is 3.24. The molecule has 2 atom stereocenters. The van der Waals surface area contributed by atoms with Gasteiger partial charge in [0.1, 0.15) is 0 Å². The summed E-state index contributed by atoms with van der Waals surface area (Å²) in [7, 11) is 0. The number of piperidine rings is 3. The molecular formula is C21H25NO. The Morgan fingerprint density at radius 3 is 2.17 bits per heavy atom. The van der Waals surface area contributed by atoms with Gasteiger partial charge in [-0.25, -0.2) is 0 Å². The number of nitrogens with zero attached hydrogens (tertiary/aromatic N) is 1. The molecule has 0 aliphatic carbocycles. The molecule has 0 saturated carbocycles. The molecule has 2 bridgehead atoms. The van der Waals surface area contributed by atoms with Gasteiger partial charge < -0.3 is 5.11 Å². The number of hydrogen-bond donors (Lipinski definition) is 1. The summed E-state index contributed by atoms with van der Waals surface area (Å²) < 4.78 is 0. The summed E-state index contributed by atoms with van der Waals surface area (Å²) in [5, 5.41) is 11.0. The van der Waals surface area contributed by atoms with Crippen LogP contribution in [0.4, 0.5) is 0 Å². The topological polar surface area (TPSA) is 23.5 Å². The molecule has 2 aromatic carbocycles. The first kappa shape index (κ1) is 14.9. The van der Waals surface area contributed by atoms with E-state index in [-0.39, 0.29) is 6.04 Å². The van der Waals surface area contributed by atoms with Crippen LogP contribution in [0, 0.1) is 5.92 Å². The van der Waals surface area contributed by atoms with Crippen LogP contribution in [0.1, 0.15) is 25.3 Å². The average Bonchev–Trinajstić information content (AvgIpc) is 2.60. The maximum Gasteiger partial charge on any atom is 0.0806 e. The molecule has 0 aromatic heterocycles. The molecule has 0 spiro atoms. The Balaban J connectivity index is 1.53. The summed E-state index contributed by atoms with van der Waals surface area (Å²) in [6.45, 7) is 4.34. The van der Waals surface area contributed by atoms with Crippen molar-refractivity contribution in [2.24, 2.45) is 5.92 Å². The second kappa shape index (κ2) is 5.77. The number of benzene rings is 2. The Bertz CT molecular complexity index is 654. The minimum absolute atomic E-state index is 0.262. The first-order valence-electron chi connectivity index (χ1n) is 8.75. The van der Waals surface area contributed by atoms with Crippen molar-refractivity contribution in [3.63, 3.8) is 0 Å². The summed E-state index contributed by atoms with van der Waals surface area (Å²) in [5.41, 5.74) is 3.29. The van der Waals surface area contributed by atoms with E-state index < -0.39 is 5.60 Å². The highest BCUT2D eigenvalue weighted by Gasteiger charge is 2.49. The van der Waals surface area contributed by atoms with Crippen LogP contribution in [0.25, 0.3) is 11.1 Å². The Hall–Kier alpha value is -1.64. The summed E-state index contributed by atoms with van der Waals surface area (Å²) >= 11 is 0. The molecule has 23 heavy (non-hydrogen) atoms. The zero-order valence-corrected chi connectivity index (χ0v) is 13.8. The van der Waals surface area contributed by atoms with Crippen LogP contribution in [-0.4, -0.2) is 34.7 Å². The number of rotatable bonds is 3. The third kappa shape index (κ3) is 2.71. The molecule has 2 unspecified atom stereocenters. The lowest BCUT2D eigenvalue weighted by Gasteiger charge is -2.55. The quantitative estimate of drug-likeness (QED) is 0.933. The molecule has 2 aromatic rings. The molecule has 3 heterocycles. The third-order valence-electron chi connectivity index (χ3n) is 5.96. The lowest BCUT2D eigenvalue weighted by Crippen LogP contribution is -2.65. The lowest BCUT2D eigenvalue weighted by atomic mass is 9.69. The second-order valence-corrected chi connectivity index (χ2v) is 7.32. The van der Waals surface area contributed by atoms with Crippen molar-refractivity contribution in [2.45, 2.75) is 37.8 Å². The van der Waals surface area contributed by atoms with Gasteiger partial charge in [-0.2, -0.15) is 0 Å². The predicted octanol–water partition coefficient (Wildman–Crippen LogP) is 3.74. The Morgan fingerprint density at radius 2 is 1.57 bits per heavy atom. The summed E-state index contributed by atoms with van der Waals surface area (Å²) in [5.74, 6) is 0.473. The Labute approximate surface area is 138 Å². The van der Waals surface area contributed by atoms with E-state index in [1.807, 2.05) is 13.0 Å². The molecule has 5 rings (SSSR count). The van der Waals surface area contributed by atoms with Gasteiger partial charge in [-0.05, 0) is 61.9 Å². The normalized spacial score (nSPS) is 32.9. The molecule has 3 saturated heterocycles. The molecule has 3 aliphatic rings. The fourth-order valence-corrected chi connectivity index (χ4v) is 4.46. The van der Waals surface area contributed by atoms with Gasteiger partial charge in [-0.1, -0.05) is 54.6 Å². The largest absolute Gasteiger partial charge is 0.388 e. The van der Waals surface area contributed by atoms with E-state index in [0.717, 1.165) is 32.4 Å². The molecule has 2 nitrogen and oxygen atoms in total. The van der Waals surface area contributed by atoms with Crippen molar-refractivity contribution in [2.75, 3.05) is 13.1 Å². The van der Waals surface area contributed by atoms with E-state index in [0.29, 0.717) is 5.92 Å². The van der Waals surface area contributed by atoms with Crippen molar-refractivity contribution in [1.29, 1.82) is 0 Å². The van der Waals surface area contributed by atoms with E-state index in [9.17, 15) is 5.11 Å². The van der Waals surface area contributed by atoms with Crippen molar-refractivity contribution in [3.8, 4) is 11.1 Å². The lowest BCUT2D eigenvalue weighted by molar-refractivity contribution is -0.143. The first-order valence-corrected chi connectivity index (χ1v) is 8.75. The summed E-state index contributed by atoms with van der Waals surface area (Å²) in [6, 6.07) is 19.6. The zero-order valence-electron chi connectivity index (χ0n) is 13.8. The van der Waals surface area contributed by atoms with Crippen LogP contribution in [0.2, 0.25) is 0 Å². The van der Waals surface area contributed by atoms with E-state index in [4.69, 9.17) is 0 Å². The van der Waals surface area contributed by atoms with E-state index in [1.54, 1.807) is 0 Å². The van der Waals surface area contributed by atoms with Gasteiger partial charge in [0.05, 0.1) is 5.60 Å². The molecule has 1 N–H and O–H groups in total. The maximum absolute atomic E-state index is 11.0. The number of fused-ring (bicyclic) bond motifs is 3. The van der Waals surface area contributed by atoms with Gasteiger partial charge in [0.2, 0.25) is 0 Å². The van der Waals surface area contributed by atoms with E-state index in [1.165, 1.54) is 16.7 Å². The first-order chi connectivity index (χ1) is 11.1. The zero-order chi connectivity index (χ0) is 15.9. The van der Waals surface area contributed by atoms with Crippen LogP contribution >= 0.6 is 0 Å². The van der Waals surface area contributed by atoms with Gasteiger partial charge in [0.15, 0.2) is 0 Å². The SMILES string of the molecule is CC1(O)C2CCN(CC2)C1Cc1ccc(-c2ccccc2)cc1. The average molecular weight is 307 g/mol. The fourth-order valence-electron chi connectivity index (χ4n) is 4.46. The fraction of sp³-hybridized carbons (Fsp3) is 0.429. The standard InChI is InChI=1S/C21H25NO/c1-21(23)19-11-13-22(14-12-19)20(21)15-16-7-9-18(10-8-16)17-5-3-2-4-6-17/h2-10,19-20,23H,11-15H2,1H3. The van der Waals surface area contributed by atoms with Gasteiger partial charge in [-0.15, -0.1) is 0 Å². The number of aliphatic hydroxyl groups is 1. The Morgan fingerprint density at radius 1 is 0.957 bits per heavy atom. The molecular weight excluding hydrogens is 282 g/mol. The summed E-state index contributed by atoms with van der Waals surface area (Å²) in [4.78, 5) is 2.49. The molecule has 120 valence electrons. The Kier molecular flexibility index (Phi) is 3.74. The van der Waals surface area contributed by atoms with Crippen LogP contribution in [0.15, 0.2) is 54.6 Å². The highest BCUT2D eigenvalue weighted by atomic mass is 16.3. The smallest absolute Gasteiger partial charge is 0.0806 e. The molecule has 0 radical (unpaired) electrons. The molecule has 3 aliphatic heterocycles. The maximum atomic E-state index is 11.0. The van der Waals surface area contributed by atoms with Crippen LogP contribution in [-0.2, 0) is 6.42 Å². The van der Waals surface area contributed by atoms with E-state index in [2.05, 4.69) is 53.4 Å². The molecule has 3 fully saturated rings. The minimum Gasteiger partial charge on any atom is -0.388 e. The predicted molar refractivity (Wildman–Crippen MR) is 94.3 cm³/mol. The number of hydrogen-bond acceptors (Lipinski definition) is 2. The van der Waals surface area contributed by atoms with Crippen LogP contribution in [0.5, 0.6) is 0 Å². The van der Waals surface area contributed by atoms with Crippen molar-refractivity contribution in [1.82, 2.24) is 4.90 Å². The van der Waals surface area contributed by atoms with Crippen LogP contribution in [0.3, 0.4) is 0 Å². The molecule has 2 heteroatoms. The monoisotopic (exact) mass is 307 g/mol. The van der Waals surface area contributed by atoms with Crippen molar-refractivity contribution in [3.05, 3.63) is 60.2 Å². The molecule has 0 amide bonds. The van der Waals surface area contributed by atoms with Crippen molar-refractivity contribution < 1.29 is 5.11 Å². The highest BCUT2D eigenvalue weighted by molar-refractivity contribution is 5.63. The van der Waals surface area contributed by atoms with Crippen molar-refractivity contribution >= 4 is 0 Å². The minimum atomic E-state index is -0.547. The van der Waals surface area contributed by atoms with Gasteiger partial charge >= 0.3 is 0 Å². The third-order valence-corrected chi connectivity index (χ3v) is 5.96. The van der Waals surface area contributed by atoms with E-state index >= 15 is 0 Å². The second-order valence-electron chi connectivity index (χ2n) is 7.32. The van der Waals surface area contributed by atoms with Gasteiger partial charge in [-0.3, -0.25) is 4.90 Å². The van der Waals surface area contributed by atoms with Gasteiger partial charge in [0, 0.05) is 6.04 Å². The van der Waals surface area contributed by atoms with Crippen LogP contribution < -0.4 is 0 Å².